The van der Waals surface area contributed by atoms with Gasteiger partial charge in [-0.2, -0.15) is 0 Å². The predicted molar refractivity (Wildman–Crippen MR) is 84.0 cm³/mol. The number of nitrogens with one attached hydrogen (secondary N) is 1. The van der Waals surface area contributed by atoms with Crippen LogP contribution in [0.2, 0.25) is 0 Å². The number of carbonyl (C=O) groups is 1. The molecule has 0 saturated heterocycles. The topological polar surface area (TPSA) is 71.5 Å². The first-order valence-electron chi connectivity index (χ1n) is 7.29. The van der Waals surface area contributed by atoms with Gasteiger partial charge in [0.15, 0.2) is 11.6 Å². The summed E-state index contributed by atoms with van der Waals surface area (Å²) in [4.78, 5) is 16.7. The number of benzene rings is 1. The smallest absolute Gasteiger partial charge is 0.263 e. The van der Waals surface area contributed by atoms with Gasteiger partial charge < -0.3 is 15.2 Å². The lowest BCUT2D eigenvalue weighted by Gasteiger charge is -2.38. The summed E-state index contributed by atoms with van der Waals surface area (Å²) < 4.78 is 18.9. The number of halogens is 1. The number of methoxy groups -OCH3 is 1. The molecule has 1 aliphatic carbocycles. The van der Waals surface area contributed by atoms with Crippen molar-refractivity contribution in [1.82, 2.24) is 10.3 Å². The predicted octanol–water partition coefficient (Wildman–Crippen LogP) is 2.53. The number of amides is 1. The number of nitrogens with zero attached hydrogens (tertiary/aromatic N) is 1. The Labute approximate surface area is 137 Å². The Morgan fingerprint density at radius 2 is 2.30 bits per heavy atom. The second-order valence-corrected chi connectivity index (χ2v) is 6.48. The number of rotatable bonds is 5. The highest BCUT2D eigenvalue weighted by Gasteiger charge is 2.36. The van der Waals surface area contributed by atoms with Crippen molar-refractivity contribution in [2.75, 3.05) is 7.11 Å². The summed E-state index contributed by atoms with van der Waals surface area (Å²) in [6, 6.07) is 4.31. The number of ether oxygens (including phenoxy) is 1. The molecule has 1 amide bonds. The van der Waals surface area contributed by atoms with Crippen molar-refractivity contribution in [1.29, 1.82) is 0 Å². The molecule has 2 aromatic rings. The van der Waals surface area contributed by atoms with Crippen molar-refractivity contribution in [3.8, 4) is 5.75 Å². The number of thiazole rings is 1. The third kappa shape index (κ3) is 3.35. The Morgan fingerprint density at radius 1 is 1.52 bits per heavy atom. The van der Waals surface area contributed by atoms with Crippen LogP contribution >= 0.6 is 11.3 Å². The summed E-state index contributed by atoms with van der Waals surface area (Å²) in [6.45, 7) is 0. The molecule has 2 N–H and O–H groups in total. The van der Waals surface area contributed by atoms with Crippen LogP contribution in [0.3, 0.4) is 0 Å². The zero-order valence-corrected chi connectivity index (χ0v) is 13.3. The molecule has 0 aliphatic heterocycles. The first kappa shape index (κ1) is 15.9. The number of aliphatic hydroxyl groups excluding tert-OH is 1. The first-order chi connectivity index (χ1) is 11.1. The van der Waals surface area contributed by atoms with E-state index in [1.54, 1.807) is 17.6 Å². The zero-order chi connectivity index (χ0) is 16.4. The van der Waals surface area contributed by atoms with Gasteiger partial charge in [-0.15, -0.1) is 11.3 Å². The highest BCUT2D eigenvalue weighted by Crippen LogP contribution is 2.39. The second-order valence-electron chi connectivity index (χ2n) is 5.60. The van der Waals surface area contributed by atoms with Gasteiger partial charge in [0.2, 0.25) is 0 Å². The molecule has 3 rings (SSSR count). The van der Waals surface area contributed by atoms with Gasteiger partial charge >= 0.3 is 0 Å². The fourth-order valence-electron chi connectivity index (χ4n) is 2.79. The molecule has 0 spiro atoms. The maximum absolute atomic E-state index is 14.0. The van der Waals surface area contributed by atoms with Crippen LogP contribution in [0.25, 0.3) is 0 Å². The number of aromatic nitrogens is 1. The Morgan fingerprint density at radius 3 is 2.87 bits per heavy atom. The molecular weight excluding hydrogens is 319 g/mol. The van der Waals surface area contributed by atoms with E-state index >= 15 is 0 Å². The van der Waals surface area contributed by atoms with Crippen molar-refractivity contribution >= 4 is 17.2 Å². The van der Waals surface area contributed by atoms with Crippen molar-refractivity contribution < 1.29 is 19.0 Å². The maximum Gasteiger partial charge on any atom is 0.263 e. The van der Waals surface area contributed by atoms with Crippen LogP contribution in [-0.2, 0) is 0 Å². The lowest BCUT2D eigenvalue weighted by atomic mass is 9.75. The quantitative estimate of drug-likeness (QED) is 0.880. The minimum atomic E-state index is -0.470. The normalized spacial score (nSPS) is 21.3. The lowest BCUT2D eigenvalue weighted by Crippen LogP contribution is -2.41. The third-order valence-electron chi connectivity index (χ3n) is 4.10. The van der Waals surface area contributed by atoms with E-state index in [1.165, 1.54) is 30.7 Å². The molecule has 5 nitrogen and oxygen atoms in total. The molecule has 7 heteroatoms. The fourth-order valence-corrected chi connectivity index (χ4v) is 3.31. The highest BCUT2D eigenvalue weighted by molar-refractivity contribution is 7.11. The van der Waals surface area contributed by atoms with E-state index in [4.69, 9.17) is 4.74 Å². The van der Waals surface area contributed by atoms with E-state index in [9.17, 15) is 14.3 Å². The van der Waals surface area contributed by atoms with Crippen LogP contribution in [0.4, 0.5) is 4.39 Å². The Bertz CT molecular complexity index is 687. The van der Waals surface area contributed by atoms with Crippen LogP contribution in [0.5, 0.6) is 5.75 Å². The van der Waals surface area contributed by atoms with Crippen molar-refractivity contribution in [3.63, 3.8) is 0 Å². The van der Waals surface area contributed by atoms with Crippen LogP contribution in [0.1, 0.15) is 34.1 Å². The van der Waals surface area contributed by atoms with E-state index in [-0.39, 0.29) is 29.7 Å². The first-order valence-corrected chi connectivity index (χ1v) is 8.17. The van der Waals surface area contributed by atoms with E-state index in [0.717, 1.165) is 0 Å². The summed E-state index contributed by atoms with van der Waals surface area (Å²) in [5, 5.41) is 12.5. The molecule has 1 atom stereocenters. The monoisotopic (exact) mass is 336 g/mol. The van der Waals surface area contributed by atoms with Gasteiger partial charge in [-0.25, -0.2) is 4.39 Å². The van der Waals surface area contributed by atoms with Gasteiger partial charge in [0.1, 0.15) is 4.88 Å². The molecule has 1 aromatic heterocycles. The summed E-state index contributed by atoms with van der Waals surface area (Å²) in [5.41, 5.74) is 2.25. The highest BCUT2D eigenvalue weighted by atomic mass is 32.1. The fraction of sp³-hybridized carbons (Fsp3) is 0.375. The summed E-state index contributed by atoms with van der Waals surface area (Å²) in [5.74, 6) is -0.471. The minimum Gasteiger partial charge on any atom is -0.494 e. The van der Waals surface area contributed by atoms with Crippen molar-refractivity contribution in [3.05, 3.63) is 46.2 Å². The van der Waals surface area contributed by atoms with Gasteiger partial charge in [0.05, 0.1) is 31.0 Å². The van der Waals surface area contributed by atoms with E-state index < -0.39 is 5.82 Å². The van der Waals surface area contributed by atoms with Crippen LogP contribution < -0.4 is 10.1 Å². The van der Waals surface area contributed by atoms with E-state index in [1.807, 2.05) is 0 Å². The van der Waals surface area contributed by atoms with E-state index in [0.29, 0.717) is 23.3 Å². The lowest BCUT2D eigenvalue weighted by molar-refractivity contribution is 0.0235. The molecule has 0 unspecified atom stereocenters. The van der Waals surface area contributed by atoms with Crippen LogP contribution in [-0.4, -0.2) is 29.2 Å². The third-order valence-corrected chi connectivity index (χ3v) is 4.87. The molecule has 1 fully saturated rings. The number of aliphatic hydroxyl groups is 1. The second kappa shape index (κ2) is 6.64. The van der Waals surface area contributed by atoms with E-state index in [2.05, 4.69) is 10.3 Å². The molecule has 1 aromatic carbocycles. The SMILES string of the molecule is COc1ccc([C@H](NC(=O)c2cncs2)C2CC(O)C2)cc1F. The zero-order valence-electron chi connectivity index (χ0n) is 12.5. The number of hydrogen-bond donors (Lipinski definition) is 2. The molecule has 23 heavy (non-hydrogen) atoms. The molecule has 0 bridgehead atoms. The van der Waals surface area contributed by atoms with Crippen LogP contribution in [0.15, 0.2) is 29.9 Å². The minimum absolute atomic E-state index is 0.0784. The molecule has 1 heterocycles. The Kier molecular flexibility index (Phi) is 4.58. The Balaban J connectivity index is 1.83. The molecule has 122 valence electrons. The molecular formula is C16H17FN2O3S. The average molecular weight is 336 g/mol. The largest absolute Gasteiger partial charge is 0.494 e. The molecule has 0 radical (unpaired) electrons. The Hall–Kier alpha value is -1.99. The number of hydrogen-bond acceptors (Lipinski definition) is 5. The molecule has 1 saturated carbocycles. The average Bonchev–Trinajstić information content (AvgIpc) is 3.04. The standard InChI is InChI=1S/C16H17FN2O3S/c1-22-13-3-2-9(6-12(13)17)15(10-4-11(20)5-10)19-16(21)14-7-18-8-23-14/h2-3,6-8,10-11,15,20H,4-5H2,1H3,(H,19,21)/t10?,11?,15-/m0/s1. The van der Waals surface area contributed by atoms with Crippen molar-refractivity contribution in [2.45, 2.75) is 25.0 Å². The maximum atomic E-state index is 14.0. The summed E-state index contributed by atoms with van der Waals surface area (Å²) >= 11 is 1.25. The molecule has 1 aliphatic rings. The van der Waals surface area contributed by atoms with Gasteiger partial charge in [-0.05, 0) is 36.5 Å². The van der Waals surface area contributed by atoms with Crippen molar-refractivity contribution in [2.24, 2.45) is 5.92 Å². The van der Waals surface area contributed by atoms with Gasteiger partial charge in [-0.1, -0.05) is 6.07 Å². The number of carbonyl (C=O) groups excluding carboxylic acids is 1. The van der Waals surface area contributed by atoms with Crippen LogP contribution in [0, 0.1) is 11.7 Å². The van der Waals surface area contributed by atoms with Gasteiger partial charge in [-0.3, -0.25) is 9.78 Å². The van der Waals surface area contributed by atoms with Gasteiger partial charge in [0.25, 0.3) is 5.91 Å². The summed E-state index contributed by atoms with van der Waals surface area (Å²) in [6.07, 6.45) is 2.31. The van der Waals surface area contributed by atoms with Gasteiger partial charge in [0, 0.05) is 0 Å². The summed E-state index contributed by atoms with van der Waals surface area (Å²) in [7, 11) is 1.41.